The molecule has 1 aliphatic rings. The summed E-state index contributed by atoms with van der Waals surface area (Å²) >= 11 is 0. The van der Waals surface area contributed by atoms with Crippen LogP contribution in [0.4, 0.5) is 0 Å². The molecule has 1 unspecified atom stereocenters. The summed E-state index contributed by atoms with van der Waals surface area (Å²) in [7, 11) is 0. The molecule has 0 bridgehead atoms. The van der Waals surface area contributed by atoms with Crippen LogP contribution in [0.25, 0.3) is 0 Å². The molecule has 2 rings (SSSR count). The lowest BCUT2D eigenvalue weighted by Gasteiger charge is -2.36. The second-order valence-electron chi connectivity index (χ2n) is 5.31. The van der Waals surface area contributed by atoms with Gasteiger partial charge in [-0.15, -0.1) is 0 Å². The van der Waals surface area contributed by atoms with E-state index in [1.807, 2.05) is 6.07 Å². The fourth-order valence-corrected chi connectivity index (χ4v) is 2.14. The number of nitrogens with one attached hydrogen (secondary N) is 1. The Bertz CT molecular complexity index is 480. The molecule has 20 heavy (non-hydrogen) atoms. The number of aliphatic hydroxyl groups excluding tert-OH is 1. The van der Waals surface area contributed by atoms with Crippen molar-refractivity contribution in [3.8, 4) is 11.8 Å². The maximum absolute atomic E-state index is 9.88. The molecule has 0 saturated heterocycles. The van der Waals surface area contributed by atoms with Crippen molar-refractivity contribution < 1.29 is 14.9 Å². The van der Waals surface area contributed by atoms with Crippen molar-refractivity contribution in [3.05, 3.63) is 29.8 Å². The van der Waals surface area contributed by atoms with Crippen molar-refractivity contribution in [2.24, 2.45) is 0 Å². The van der Waals surface area contributed by atoms with E-state index in [2.05, 4.69) is 5.32 Å². The molecule has 1 fully saturated rings. The van der Waals surface area contributed by atoms with Crippen LogP contribution in [0.15, 0.2) is 24.3 Å². The van der Waals surface area contributed by atoms with Crippen molar-refractivity contribution in [2.45, 2.75) is 31.0 Å². The maximum Gasteiger partial charge on any atom is 0.120 e. The molecule has 5 nitrogen and oxygen atoms in total. The number of nitriles is 1. The first-order valence-corrected chi connectivity index (χ1v) is 6.85. The van der Waals surface area contributed by atoms with Gasteiger partial charge in [0.2, 0.25) is 0 Å². The highest BCUT2D eigenvalue weighted by Crippen LogP contribution is 2.30. The summed E-state index contributed by atoms with van der Waals surface area (Å²) in [5, 5.41) is 31.5. The van der Waals surface area contributed by atoms with Gasteiger partial charge in [0.1, 0.15) is 18.5 Å². The summed E-state index contributed by atoms with van der Waals surface area (Å²) in [5.74, 6) is 0.570. The van der Waals surface area contributed by atoms with E-state index in [4.69, 9.17) is 10.00 Å². The van der Waals surface area contributed by atoms with E-state index in [0.717, 1.165) is 19.3 Å². The maximum atomic E-state index is 9.88. The van der Waals surface area contributed by atoms with E-state index >= 15 is 0 Å². The Morgan fingerprint density at radius 2 is 2.25 bits per heavy atom. The Morgan fingerprint density at radius 3 is 2.90 bits per heavy atom. The van der Waals surface area contributed by atoms with Gasteiger partial charge in [0.25, 0.3) is 0 Å². The van der Waals surface area contributed by atoms with E-state index < -0.39 is 11.7 Å². The van der Waals surface area contributed by atoms with Crippen molar-refractivity contribution >= 4 is 0 Å². The summed E-state index contributed by atoms with van der Waals surface area (Å²) in [4.78, 5) is 0. The zero-order valence-electron chi connectivity index (χ0n) is 11.4. The van der Waals surface area contributed by atoms with Gasteiger partial charge < -0.3 is 20.3 Å². The van der Waals surface area contributed by atoms with E-state index in [1.54, 1.807) is 24.3 Å². The molecule has 0 heterocycles. The largest absolute Gasteiger partial charge is 0.491 e. The molecule has 0 amide bonds. The molecular formula is C15H20N2O3. The minimum absolute atomic E-state index is 0.153. The fourth-order valence-electron chi connectivity index (χ4n) is 2.14. The third-order valence-electron chi connectivity index (χ3n) is 3.52. The van der Waals surface area contributed by atoms with Gasteiger partial charge in [-0.1, -0.05) is 6.07 Å². The Balaban J connectivity index is 1.66. The average Bonchev–Trinajstić information content (AvgIpc) is 2.43. The Hall–Kier alpha value is -1.61. The van der Waals surface area contributed by atoms with Crippen molar-refractivity contribution in [1.29, 1.82) is 5.26 Å². The molecule has 5 heteroatoms. The lowest BCUT2D eigenvalue weighted by molar-refractivity contribution is -0.0334. The third kappa shape index (κ3) is 4.20. The molecule has 1 aliphatic carbocycles. The first kappa shape index (κ1) is 14.8. The van der Waals surface area contributed by atoms with Crippen LogP contribution in [0.3, 0.4) is 0 Å². The molecule has 0 aromatic heterocycles. The highest BCUT2D eigenvalue weighted by Gasteiger charge is 2.33. The van der Waals surface area contributed by atoms with Crippen LogP contribution < -0.4 is 10.1 Å². The predicted molar refractivity (Wildman–Crippen MR) is 74.3 cm³/mol. The van der Waals surface area contributed by atoms with Gasteiger partial charge in [0, 0.05) is 13.1 Å². The molecule has 0 radical (unpaired) electrons. The lowest BCUT2D eigenvalue weighted by atomic mass is 9.80. The predicted octanol–water partition coefficient (Wildman–Crippen LogP) is 0.803. The topological polar surface area (TPSA) is 85.5 Å². The van der Waals surface area contributed by atoms with Crippen LogP contribution in [-0.4, -0.2) is 41.6 Å². The Morgan fingerprint density at radius 1 is 1.45 bits per heavy atom. The molecule has 0 aliphatic heterocycles. The average molecular weight is 276 g/mol. The van der Waals surface area contributed by atoms with Crippen molar-refractivity contribution in [2.75, 3.05) is 19.7 Å². The fraction of sp³-hybridized carbons (Fsp3) is 0.533. The lowest BCUT2D eigenvalue weighted by Crippen LogP contribution is -2.48. The van der Waals surface area contributed by atoms with Gasteiger partial charge in [-0.25, -0.2) is 0 Å². The van der Waals surface area contributed by atoms with Gasteiger partial charge in [-0.05, 0) is 37.5 Å². The minimum atomic E-state index is -0.649. The summed E-state index contributed by atoms with van der Waals surface area (Å²) < 4.78 is 5.43. The Labute approximate surface area is 118 Å². The first-order valence-electron chi connectivity index (χ1n) is 6.85. The highest BCUT2D eigenvalue weighted by atomic mass is 16.5. The van der Waals surface area contributed by atoms with Gasteiger partial charge in [-0.3, -0.25) is 0 Å². The number of nitrogens with zero attached hydrogens (tertiary/aromatic N) is 1. The van der Waals surface area contributed by atoms with Gasteiger partial charge >= 0.3 is 0 Å². The van der Waals surface area contributed by atoms with E-state index in [1.165, 1.54) is 0 Å². The number of ether oxygens (including phenoxy) is 1. The standard InChI is InChI=1S/C15H20N2O3/c16-8-12-3-1-4-14(7-12)20-10-13(18)9-17-11-15(19)5-2-6-15/h1,3-4,7,13,17-19H,2,5-6,9-11H2. The second-order valence-corrected chi connectivity index (χ2v) is 5.31. The van der Waals surface area contributed by atoms with Crippen molar-refractivity contribution in [1.82, 2.24) is 5.32 Å². The van der Waals surface area contributed by atoms with Crippen LogP contribution in [0.1, 0.15) is 24.8 Å². The highest BCUT2D eigenvalue weighted by molar-refractivity contribution is 5.36. The molecule has 1 saturated carbocycles. The van der Waals surface area contributed by atoms with E-state index in [0.29, 0.717) is 24.4 Å². The summed E-state index contributed by atoms with van der Waals surface area (Å²) in [6.45, 7) is 1.04. The number of aliphatic hydroxyl groups is 2. The Kier molecular flexibility index (Phi) is 4.96. The van der Waals surface area contributed by atoms with Gasteiger partial charge in [0.05, 0.1) is 17.2 Å². The van der Waals surface area contributed by atoms with Crippen LogP contribution >= 0.6 is 0 Å². The van der Waals surface area contributed by atoms with Gasteiger partial charge in [-0.2, -0.15) is 5.26 Å². The van der Waals surface area contributed by atoms with E-state index in [-0.39, 0.29) is 6.61 Å². The number of hydrogen-bond donors (Lipinski definition) is 3. The quantitative estimate of drug-likeness (QED) is 0.686. The monoisotopic (exact) mass is 276 g/mol. The summed E-state index contributed by atoms with van der Waals surface area (Å²) in [6, 6.07) is 8.86. The second kappa shape index (κ2) is 6.71. The summed E-state index contributed by atoms with van der Waals surface area (Å²) in [6.07, 6.45) is 2.07. The van der Waals surface area contributed by atoms with E-state index in [9.17, 15) is 10.2 Å². The molecule has 108 valence electrons. The zero-order chi connectivity index (χ0) is 14.4. The van der Waals surface area contributed by atoms with Gasteiger partial charge in [0.15, 0.2) is 0 Å². The molecule has 0 spiro atoms. The number of benzene rings is 1. The zero-order valence-corrected chi connectivity index (χ0v) is 11.4. The third-order valence-corrected chi connectivity index (χ3v) is 3.52. The van der Waals surface area contributed by atoms with Crippen LogP contribution in [0.5, 0.6) is 5.75 Å². The van der Waals surface area contributed by atoms with Crippen LogP contribution in [0, 0.1) is 11.3 Å². The van der Waals surface area contributed by atoms with Crippen LogP contribution in [0.2, 0.25) is 0 Å². The smallest absolute Gasteiger partial charge is 0.120 e. The number of hydrogen-bond acceptors (Lipinski definition) is 5. The number of rotatable bonds is 7. The van der Waals surface area contributed by atoms with Crippen LogP contribution in [-0.2, 0) is 0 Å². The SMILES string of the molecule is N#Cc1cccc(OCC(O)CNCC2(O)CCC2)c1. The molecule has 1 atom stereocenters. The molecule has 3 N–H and O–H groups in total. The van der Waals surface area contributed by atoms with Crippen molar-refractivity contribution in [3.63, 3.8) is 0 Å². The minimum Gasteiger partial charge on any atom is -0.491 e. The molecule has 1 aromatic rings. The normalized spacial score (nSPS) is 17.9. The first-order chi connectivity index (χ1) is 9.61. The summed E-state index contributed by atoms with van der Waals surface area (Å²) in [5.41, 5.74) is -0.0517. The molecule has 1 aromatic carbocycles. The molecular weight excluding hydrogens is 256 g/mol.